The Labute approximate surface area is 141 Å². The van der Waals surface area contributed by atoms with E-state index in [1.807, 2.05) is 19.1 Å². The Bertz CT molecular complexity index is 727. The molecule has 0 saturated heterocycles. The second-order valence-corrected chi connectivity index (χ2v) is 6.68. The van der Waals surface area contributed by atoms with Crippen molar-refractivity contribution < 1.29 is 9.90 Å². The first-order valence-electron chi connectivity index (χ1n) is 7.51. The summed E-state index contributed by atoms with van der Waals surface area (Å²) in [5, 5.41) is 18.6. The molecule has 0 amide bonds. The topological polar surface area (TPSA) is 74.0 Å². The molecule has 0 aliphatic rings. The molecule has 1 aromatic heterocycles. The van der Waals surface area contributed by atoms with Crippen LogP contribution in [0.2, 0.25) is 0 Å². The predicted octanol–water partition coefficient (Wildman–Crippen LogP) is 5.05. The summed E-state index contributed by atoms with van der Waals surface area (Å²) in [6.45, 7) is 10.2. The number of benzene rings is 1. The molecule has 0 radical (unpaired) electrons. The fraction of sp³-hybridized carbons (Fsp3) is 0.389. The highest BCUT2D eigenvalue weighted by atomic mass is 32.1. The fourth-order valence-corrected chi connectivity index (χ4v) is 2.50. The zero-order valence-electron chi connectivity index (χ0n) is 14.2. The van der Waals surface area contributed by atoms with Gasteiger partial charge in [0.15, 0.2) is 0 Å². The van der Waals surface area contributed by atoms with Gasteiger partial charge in [-0.2, -0.15) is 5.26 Å². The lowest BCUT2D eigenvalue weighted by atomic mass is 10.1. The van der Waals surface area contributed by atoms with Crippen LogP contribution in [0.4, 0.5) is 0 Å². The molecule has 0 aliphatic heterocycles. The van der Waals surface area contributed by atoms with Gasteiger partial charge in [-0.05, 0) is 31.4 Å². The quantitative estimate of drug-likeness (QED) is 0.854. The third kappa shape index (κ3) is 5.19. The molecule has 0 spiro atoms. The van der Waals surface area contributed by atoms with Crippen molar-refractivity contribution in [3.8, 4) is 16.6 Å². The number of aromatic carboxylic acids is 1. The highest BCUT2D eigenvalue weighted by Gasteiger charge is 2.15. The van der Waals surface area contributed by atoms with Crippen LogP contribution in [0.25, 0.3) is 10.6 Å². The molecular weight excluding hydrogens is 308 g/mol. The Morgan fingerprint density at radius 1 is 1.39 bits per heavy atom. The fourth-order valence-electron chi connectivity index (χ4n) is 1.59. The van der Waals surface area contributed by atoms with Gasteiger partial charge < -0.3 is 5.11 Å². The molecule has 23 heavy (non-hydrogen) atoms. The van der Waals surface area contributed by atoms with Crippen LogP contribution in [0.1, 0.15) is 53.7 Å². The van der Waals surface area contributed by atoms with E-state index in [0.717, 1.165) is 28.4 Å². The Morgan fingerprint density at radius 2 is 2.00 bits per heavy atom. The summed E-state index contributed by atoms with van der Waals surface area (Å²) in [6, 6.07) is 7.53. The first-order chi connectivity index (χ1) is 10.8. The molecule has 0 aliphatic carbocycles. The zero-order chi connectivity index (χ0) is 17.6. The molecule has 0 unspecified atom stereocenters. The van der Waals surface area contributed by atoms with Gasteiger partial charge in [0, 0.05) is 5.56 Å². The number of carbonyl (C=O) groups is 1. The number of nitrogens with zero attached hydrogens (tertiary/aromatic N) is 2. The maximum atomic E-state index is 11.0. The van der Waals surface area contributed by atoms with Crippen molar-refractivity contribution >= 4 is 17.3 Å². The lowest BCUT2D eigenvalue weighted by Gasteiger charge is -1.99. The van der Waals surface area contributed by atoms with E-state index in [-0.39, 0.29) is 4.88 Å². The van der Waals surface area contributed by atoms with Crippen molar-refractivity contribution in [3.63, 3.8) is 0 Å². The summed E-state index contributed by atoms with van der Waals surface area (Å²) in [5.41, 5.74) is 2.75. The Kier molecular flexibility index (Phi) is 6.92. The molecule has 0 fully saturated rings. The van der Waals surface area contributed by atoms with Gasteiger partial charge in [0.25, 0.3) is 0 Å². The number of nitriles is 1. The minimum Gasteiger partial charge on any atom is -0.477 e. The van der Waals surface area contributed by atoms with Gasteiger partial charge in [-0.1, -0.05) is 39.3 Å². The summed E-state index contributed by atoms with van der Waals surface area (Å²) in [5.74, 6) is -0.0844. The Morgan fingerprint density at radius 3 is 2.43 bits per heavy atom. The Hall–Kier alpha value is -2.19. The van der Waals surface area contributed by atoms with Gasteiger partial charge in [0.2, 0.25) is 0 Å². The molecule has 1 aromatic carbocycles. The average Bonchev–Trinajstić information content (AvgIpc) is 2.90. The third-order valence-corrected chi connectivity index (χ3v) is 4.61. The van der Waals surface area contributed by atoms with Gasteiger partial charge >= 0.3 is 5.97 Å². The number of aromatic nitrogens is 1. The van der Waals surface area contributed by atoms with Crippen molar-refractivity contribution in [3.05, 3.63) is 39.9 Å². The van der Waals surface area contributed by atoms with Crippen LogP contribution in [0.15, 0.2) is 18.2 Å². The number of hydrogen-bond acceptors (Lipinski definition) is 4. The van der Waals surface area contributed by atoms with E-state index in [1.165, 1.54) is 6.42 Å². The molecule has 1 N–H and O–H groups in total. The first kappa shape index (κ1) is 18.9. The summed E-state index contributed by atoms with van der Waals surface area (Å²) < 4.78 is 0. The average molecular weight is 330 g/mol. The van der Waals surface area contributed by atoms with E-state index >= 15 is 0 Å². The van der Waals surface area contributed by atoms with E-state index in [1.54, 1.807) is 13.0 Å². The van der Waals surface area contributed by atoms with Crippen LogP contribution in [0.5, 0.6) is 0 Å². The normalized spacial score (nSPS) is 9.96. The van der Waals surface area contributed by atoms with Crippen molar-refractivity contribution in [1.29, 1.82) is 5.26 Å². The van der Waals surface area contributed by atoms with E-state index in [9.17, 15) is 4.79 Å². The summed E-state index contributed by atoms with van der Waals surface area (Å²) in [7, 11) is 0. The number of thiazole rings is 1. The number of carboxylic acids is 1. The van der Waals surface area contributed by atoms with Crippen LogP contribution < -0.4 is 0 Å². The molecule has 0 bridgehead atoms. The van der Waals surface area contributed by atoms with Crippen LogP contribution in [-0.4, -0.2) is 16.1 Å². The second-order valence-electron chi connectivity index (χ2n) is 5.68. The zero-order valence-corrected chi connectivity index (χ0v) is 15.0. The third-order valence-electron chi connectivity index (χ3n) is 3.41. The van der Waals surface area contributed by atoms with Gasteiger partial charge in [-0.15, -0.1) is 11.3 Å². The van der Waals surface area contributed by atoms with E-state index in [4.69, 9.17) is 10.4 Å². The molecule has 2 aromatic rings. The monoisotopic (exact) mass is 330 g/mol. The first-order valence-corrected chi connectivity index (χ1v) is 8.33. The van der Waals surface area contributed by atoms with Gasteiger partial charge in [-0.3, -0.25) is 0 Å². The number of aryl methyl sites for hydroxylation is 2. The second kappa shape index (κ2) is 8.44. The standard InChI is InChI=1S/C13H10N2O2S.C5H12/c1-7-3-4-9(5-10(7)6-14)12-15-8(2)11(18-12)13(16)17;1-4-5(2)3/h3-5H,1-2H3,(H,16,17);5H,4H2,1-3H3. The number of carboxylic acid groups (broad SMARTS) is 1. The molecule has 1 heterocycles. The molecular formula is C18H22N2O2S. The summed E-state index contributed by atoms with van der Waals surface area (Å²) in [4.78, 5) is 15.4. The summed E-state index contributed by atoms with van der Waals surface area (Å²) >= 11 is 1.13. The highest BCUT2D eigenvalue weighted by Crippen LogP contribution is 2.29. The van der Waals surface area contributed by atoms with Crippen LogP contribution in [0, 0.1) is 31.1 Å². The van der Waals surface area contributed by atoms with Crippen molar-refractivity contribution in [2.75, 3.05) is 0 Å². The maximum Gasteiger partial charge on any atom is 0.347 e. The van der Waals surface area contributed by atoms with E-state index < -0.39 is 5.97 Å². The molecule has 0 atom stereocenters. The molecule has 122 valence electrons. The van der Waals surface area contributed by atoms with Crippen molar-refractivity contribution in [1.82, 2.24) is 4.98 Å². The largest absolute Gasteiger partial charge is 0.477 e. The van der Waals surface area contributed by atoms with Gasteiger partial charge in [0.05, 0.1) is 17.3 Å². The minimum atomic E-state index is -0.969. The summed E-state index contributed by atoms with van der Waals surface area (Å²) in [6.07, 6.45) is 1.31. The molecule has 5 heteroatoms. The van der Waals surface area contributed by atoms with Crippen LogP contribution >= 0.6 is 11.3 Å². The van der Waals surface area contributed by atoms with Gasteiger partial charge in [-0.25, -0.2) is 9.78 Å². The van der Waals surface area contributed by atoms with E-state index in [0.29, 0.717) is 16.3 Å². The number of rotatable bonds is 3. The van der Waals surface area contributed by atoms with Crippen molar-refractivity contribution in [2.45, 2.75) is 41.0 Å². The lowest BCUT2D eigenvalue weighted by molar-refractivity contribution is 0.0701. The van der Waals surface area contributed by atoms with Crippen molar-refractivity contribution in [2.24, 2.45) is 5.92 Å². The van der Waals surface area contributed by atoms with Crippen LogP contribution in [-0.2, 0) is 0 Å². The van der Waals surface area contributed by atoms with E-state index in [2.05, 4.69) is 31.8 Å². The smallest absolute Gasteiger partial charge is 0.347 e. The predicted molar refractivity (Wildman–Crippen MR) is 93.8 cm³/mol. The Balaban J connectivity index is 0.000000463. The SMILES string of the molecule is CCC(C)C.Cc1ccc(-c2nc(C)c(C(=O)O)s2)cc1C#N. The molecule has 4 nitrogen and oxygen atoms in total. The minimum absolute atomic E-state index is 0.240. The molecule has 2 rings (SSSR count). The molecule has 0 saturated carbocycles. The highest BCUT2D eigenvalue weighted by molar-refractivity contribution is 7.17. The number of hydrogen-bond donors (Lipinski definition) is 1. The lowest BCUT2D eigenvalue weighted by Crippen LogP contribution is -1.94. The van der Waals surface area contributed by atoms with Crippen LogP contribution in [0.3, 0.4) is 0 Å². The van der Waals surface area contributed by atoms with Gasteiger partial charge in [0.1, 0.15) is 9.88 Å². The maximum absolute atomic E-state index is 11.0.